The number of esters is 1. The Morgan fingerprint density at radius 2 is 1.88 bits per heavy atom. The zero-order chi connectivity index (χ0) is 18.9. The van der Waals surface area contributed by atoms with Gasteiger partial charge in [0.2, 0.25) is 5.95 Å². The third-order valence-corrected chi connectivity index (χ3v) is 3.69. The second-order valence-corrected chi connectivity index (χ2v) is 5.76. The van der Waals surface area contributed by atoms with Crippen molar-refractivity contribution in [3.63, 3.8) is 0 Å². The van der Waals surface area contributed by atoms with E-state index in [4.69, 9.17) is 4.74 Å². The quantitative estimate of drug-likeness (QED) is 0.732. The number of ether oxygens (including phenoxy) is 1. The van der Waals surface area contributed by atoms with Crippen LogP contribution in [0.3, 0.4) is 0 Å². The molecule has 0 spiro atoms. The van der Waals surface area contributed by atoms with Gasteiger partial charge < -0.3 is 15.0 Å². The van der Waals surface area contributed by atoms with Crippen molar-refractivity contribution in [2.24, 2.45) is 0 Å². The minimum atomic E-state index is -0.458. The fraction of sp³-hybridized carbons (Fsp3) is 0.368. The molecular weight excluding hydrogens is 332 g/mol. The van der Waals surface area contributed by atoms with Gasteiger partial charge in [-0.15, -0.1) is 0 Å². The number of carbonyl (C=O) groups is 2. The summed E-state index contributed by atoms with van der Waals surface area (Å²) in [6.45, 7) is 5.85. The standard InChI is InChI=1S/C19H24N4O3/c1-4-11-23(12-5-2)19-20-10-9-16(22-19)17(24)21-15-8-6-7-14(13-15)18(25)26-3/h6-10,13H,4-5,11-12H2,1-3H3,(H,21,24). The zero-order valence-electron chi connectivity index (χ0n) is 15.4. The van der Waals surface area contributed by atoms with Gasteiger partial charge in [-0.2, -0.15) is 0 Å². The molecule has 1 amide bonds. The molecule has 0 saturated heterocycles. The molecule has 7 heteroatoms. The van der Waals surface area contributed by atoms with Crippen LogP contribution in [0.4, 0.5) is 11.6 Å². The first kappa shape index (κ1) is 19.4. The Balaban J connectivity index is 2.17. The Morgan fingerprint density at radius 1 is 1.15 bits per heavy atom. The average molecular weight is 356 g/mol. The number of hydrogen-bond acceptors (Lipinski definition) is 6. The molecule has 138 valence electrons. The first-order valence-corrected chi connectivity index (χ1v) is 8.66. The summed E-state index contributed by atoms with van der Waals surface area (Å²) in [5, 5.41) is 2.75. The van der Waals surface area contributed by atoms with Crippen LogP contribution in [0.25, 0.3) is 0 Å². The number of hydrogen-bond donors (Lipinski definition) is 1. The van der Waals surface area contributed by atoms with E-state index in [1.807, 2.05) is 0 Å². The van der Waals surface area contributed by atoms with E-state index in [1.165, 1.54) is 7.11 Å². The lowest BCUT2D eigenvalue weighted by Crippen LogP contribution is -2.27. The SMILES string of the molecule is CCCN(CCC)c1nccc(C(=O)Nc2cccc(C(=O)OC)c2)n1. The molecule has 1 aromatic carbocycles. The predicted octanol–water partition coefficient (Wildman–Crippen LogP) is 3.14. The molecule has 0 aliphatic heterocycles. The highest BCUT2D eigenvalue weighted by atomic mass is 16.5. The Morgan fingerprint density at radius 3 is 2.54 bits per heavy atom. The molecule has 2 rings (SSSR count). The van der Waals surface area contributed by atoms with Crippen molar-refractivity contribution >= 4 is 23.5 Å². The average Bonchev–Trinajstić information content (AvgIpc) is 2.67. The van der Waals surface area contributed by atoms with E-state index in [2.05, 4.69) is 34.0 Å². The molecule has 0 unspecified atom stereocenters. The number of rotatable bonds is 8. The Kier molecular flexibility index (Phi) is 7.08. The van der Waals surface area contributed by atoms with Crippen molar-refractivity contribution in [1.29, 1.82) is 0 Å². The van der Waals surface area contributed by atoms with Crippen LogP contribution in [-0.2, 0) is 4.74 Å². The van der Waals surface area contributed by atoms with Crippen LogP contribution < -0.4 is 10.2 Å². The minimum Gasteiger partial charge on any atom is -0.465 e. The molecule has 2 aromatic rings. The van der Waals surface area contributed by atoms with Gasteiger partial charge in [-0.05, 0) is 37.1 Å². The van der Waals surface area contributed by atoms with Gasteiger partial charge in [0.15, 0.2) is 0 Å². The second-order valence-electron chi connectivity index (χ2n) is 5.76. The van der Waals surface area contributed by atoms with Crippen molar-refractivity contribution in [3.8, 4) is 0 Å². The van der Waals surface area contributed by atoms with Crippen LogP contribution in [0.2, 0.25) is 0 Å². The molecule has 0 saturated carbocycles. The van der Waals surface area contributed by atoms with E-state index in [9.17, 15) is 9.59 Å². The fourth-order valence-corrected chi connectivity index (χ4v) is 2.52. The lowest BCUT2D eigenvalue weighted by molar-refractivity contribution is 0.0600. The molecule has 1 aromatic heterocycles. The third kappa shape index (κ3) is 5.02. The van der Waals surface area contributed by atoms with Crippen LogP contribution in [0, 0.1) is 0 Å². The lowest BCUT2D eigenvalue weighted by atomic mass is 10.2. The molecule has 1 heterocycles. The molecule has 7 nitrogen and oxygen atoms in total. The highest BCUT2D eigenvalue weighted by molar-refractivity contribution is 6.03. The maximum atomic E-state index is 12.5. The zero-order valence-corrected chi connectivity index (χ0v) is 15.4. The van der Waals surface area contributed by atoms with Crippen molar-refractivity contribution in [1.82, 2.24) is 9.97 Å². The van der Waals surface area contributed by atoms with Gasteiger partial charge in [0.1, 0.15) is 5.69 Å². The summed E-state index contributed by atoms with van der Waals surface area (Å²) in [7, 11) is 1.31. The highest BCUT2D eigenvalue weighted by Crippen LogP contribution is 2.14. The normalized spacial score (nSPS) is 10.3. The van der Waals surface area contributed by atoms with Crippen LogP contribution in [0.1, 0.15) is 47.5 Å². The Labute approximate surface area is 153 Å². The Bertz CT molecular complexity index is 758. The van der Waals surface area contributed by atoms with E-state index in [1.54, 1.807) is 36.5 Å². The van der Waals surface area contributed by atoms with E-state index < -0.39 is 5.97 Å². The van der Waals surface area contributed by atoms with E-state index in [0.717, 1.165) is 25.9 Å². The second kappa shape index (κ2) is 9.50. The van der Waals surface area contributed by atoms with E-state index >= 15 is 0 Å². The number of aromatic nitrogens is 2. The maximum absolute atomic E-state index is 12.5. The smallest absolute Gasteiger partial charge is 0.337 e. The molecular formula is C19H24N4O3. The number of methoxy groups -OCH3 is 1. The topological polar surface area (TPSA) is 84.4 Å². The monoisotopic (exact) mass is 356 g/mol. The van der Waals surface area contributed by atoms with Gasteiger partial charge in [-0.25, -0.2) is 14.8 Å². The summed E-state index contributed by atoms with van der Waals surface area (Å²) in [6.07, 6.45) is 3.53. The van der Waals surface area contributed by atoms with Crippen molar-refractivity contribution < 1.29 is 14.3 Å². The molecule has 0 radical (unpaired) electrons. The first-order valence-electron chi connectivity index (χ1n) is 8.66. The van der Waals surface area contributed by atoms with Crippen molar-refractivity contribution in [2.75, 3.05) is 30.4 Å². The predicted molar refractivity (Wildman–Crippen MR) is 101 cm³/mol. The lowest BCUT2D eigenvalue weighted by Gasteiger charge is -2.21. The van der Waals surface area contributed by atoms with Gasteiger partial charge in [0.05, 0.1) is 12.7 Å². The number of amides is 1. The largest absolute Gasteiger partial charge is 0.465 e. The number of benzene rings is 1. The summed E-state index contributed by atoms with van der Waals surface area (Å²) in [5.74, 6) is -0.270. The molecule has 0 aliphatic carbocycles. The van der Waals surface area contributed by atoms with Crippen molar-refractivity contribution in [2.45, 2.75) is 26.7 Å². The molecule has 1 N–H and O–H groups in total. The van der Waals surface area contributed by atoms with Crippen LogP contribution in [0.5, 0.6) is 0 Å². The van der Waals surface area contributed by atoms with Crippen LogP contribution in [-0.4, -0.2) is 42.0 Å². The first-order chi connectivity index (χ1) is 12.6. The highest BCUT2D eigenvalue weighted by Gasteiger charge is 2.14. The summed E-state index contributed by atoms with van der Waals surface area (Å²) in [5.41, 5.74) is 1.14. The minimum absolute atomic E-state index is 0.274. The number of anilines is 2. The van der Waals surface area contributed by atoms with Gasteiger partial charge in [0.25, 0.3) is 5.91 Å². The summed E-state index contributed by atoms with van der Waals surface area (Å²) in [6, 6.07) is 8.13. The summed E-state index contributed by atoms with van der Waals surface area (Å²) < 4.78 is 4.69. The number of carbonyl (C=O) groups excluding carboxylic acids is 2. The van der Waals surface area contributed by atoms with Crippen LogP contribution >= 0.6 is 0 Å². The number of nitrogens with one attached hydrogen (secondary N) is 1. The summed E-state index contributed by atoms with van der Waals surface area (Å²) >= 11 is 0. The molecule has 0 atom stereocenters. The molecule has 0 bridgehead atoms. The fourth-order valence-electron chi connectivity index (χ4n) is 2.52. The van der Waals surface area contributed by atoms with Gasteiger partial charge in [-0.3, -0.25) is 4.79 Å². The maximum Gasteiger partial charge on any atom is 0.337 e. The van der Waals surface area contributed by atoms with E-state index in [-0.39, 0.29) is 11.6 Å². The molecule has 26 heavy (non-hydrogen) atoms. The Hall–Kier alpha value is -2.96. The van der Waals surface area contributed by atoms with Gasteiger partial charge in [0, 0.05) is 25.0 Å². The number of nitrogens with zero attached hydrogens (tertiary/aromatic N) is 3. The van der Waals surface area contributed by atoms with Gasteiger partial charge >= 0.3 is 5.97 Å². The van der Waals surface area contributed by atoms with Crippen LogP contribution in [0.15, 0.2) is 36.5 Å². The van der Waals surface area contributed by atoms with Gasteiger partial charge in [-0.1, -0.05) is 19.9 Å². The molecule has 0 fully saturated rings. The summed E-state index contributed by atoms with van der Waals surface area (Å²) in [4.78, 5) is 34.9. The molecule has 0 aliphatic rings. The van der Waals surface area contributed by atoms with Crippen molar-refractivity contribution in [3.05, 3.63) is 47.8 Å². The van der Waals surface area contributed by atoms with E-state index in [0.29, 0.717) is 17.2 Å². The third-order valence-electron chi connectivity index (χ3n) is 3.69.